The van der Waals surface area contributed by atoms with Gasteiger partial charge in [0.2, 0.25) is 0 Å². The van der Waals surface area contributed by atoms with Gasteiger partial charge in [0.15, 0.2) is 0 Å². The standard InChI is InChI=1S/C10H16N4/c1-6-13-8-7(9(11)14-6)4-5-12-10(8,2)3/h12H,4-5H2,1-3H3,(H2,11,13,14). The van der Waals surface area contributed by atoms with Crippen LogP contribution in [0.15, 0.2) is 0 Å². The minimum absolute atomic E-state index is 0.0879. The molecule has 0 aromatic carbocycles. The number of aryl methyl sites for hydroxylation is 1. The van der Waals surface area contributed by atoms with Crippen LogP contribution in [0.2, 0.25) is 0 Å². The Labute approximate surface area is 83.9 Å². The molecule has 0 radical (unpaired) electrons. The number of nitrogen functional groups attached to an aromatic ring is 1. The molecule has 0 saturated heterocycles. The molecule has 76 valence electrons. The van der Waals surface area contributed by atoms with Crippen LogP contribution in [0.1, 0.15) is 30.9 Å². The molecule has 0 saturated carbocycles. The molecule has 0 fully saturated rings. The molecule has 0 spiro atoms. The van der Waals surface area contributed by atoms with Gasteiger partial charge in [-0.2, -0.15) is 0 Å². The largest absolute Gasteiger partial charge is 0.383 e. The predicted octanol–water partition coefficient (Wildman–Crippen LogP) is 0.748. The van der Waals surface area contributed by atoms with Crippen molar-refractivity contribution in [1.29, 1.82) is 0 Å². The van der Waals surface area contributed by atoms with Gasteiger partial charge in [0.05, 0.1) is 11.2 Å². The number of rotatable bonds is 0. The molecule has 0 aliphatic carbocycles. The Morgan fingerprint density at radius 1 is 1.36 bits per heavy atom. The number of nitrogens with two attached hydrogens (primary N) is 1. The Bertz CT molecular complexity index is 371. The first-order valence-electron chi connectivity index (χ1n) is 4.89. The molecule has 0 atom stereocenters. The Morgan fingerprint density at radius 3 is 2.79 bits per heavy atom. The van der Waals surface area contributed by atoms with E-state index in [0.29, 0.717) is 5.82 Å². The van der Waals surface area contributed by atoms with Crippen molar-refractivity contribution in [2.75, 3.05) is 12.3 Å². The van der Waals surface area contributed by atoms with E-state index in [-0.39, 0.29) is 5.54 Å². The lowest BCUT2D eigenvalue weighted by molar-refractivity contribution is 0.368. The molecule has 2 heterocycles. The van der Waals surface area contributed by atoms with E-state index in [1.165, 1.54) is 0 Å². The van der Waals surface area contributed by atoms with Crippen LogP contribution < -0.4 is 11.1 Å². The van der Waals surface area contributed by atoms with Crippen molar-refractivity contribution in [3.63, 3.8) is 0 Å². The quantitative estimate of drug-likeness (QED) is 0.636. The Balaban J connectivity index is 2.63. The third kappa shape index (κ3) is 1.35. The second kappa shape index (κ2) is 2.92. The summed E-state index contributed by atoms with van der Waals surface area (Å²) in [5.74, 6) is 1.39. The predicted molar refractivity (Wildman–Crippen MR) is 55.9 cm³/mol. The summed E-state index contributed by atoms with van der Waals surface area (Å²) in [6, 6.07) is 0. The number of hydrogen-bond acceptors (Lipinski definition) is 4. The Morgan fingerprint density at radius 2 is 2.07 bits per heavy atom. The van der Waals surface area contributed by atoms with Crippen LogP contribution in [0.5, 0.6) is 0 Å². The number of fused-ring (bicyclic) bond motifs is 1. The summed E-state index contributed by atoms with van der Waals surface area (Å²) in [7, 11) is 0. The van der Waals surface area contributed by atoms with E-state index in [1.807, 2.05) is 6.92 Å². The molecule has 3 N–H and O–H groups in total. The summed E-state index contributed by atoms with van der Waals surface area (Å²) in [5, 5.41) is 3.42. The highest BCUT2D eigenvalue weighted by molar-refractivity contribution is 5.46. The number of hydrogen-bond donors (Lipinski definition) is 2. The first kappa shape index (κ1) is 9.40. The van der Waals surface area contributed by atoms with Gasteiger partial charge in [-0.05, 0) is 27.2 Å². The van der Waals surface area contributed by atoms with E-state index in [1.54, 1.807) is 0 Å². The van der Waals surface area contributed by atoms with Crippen molar-refractivity contribution < 1.29 is 0 Å². The molecule has 4 heteroatoms. The van der Waals surface area contributed by atoms with Gasteiger partial charge in [0.1, 0.15) is 11.6 Å². The monoisotopic (exact) mass is 192 g/mol. The van der Waals surface area contributed by atoms with Crippen LogP contribution in [-0.2, 0) is 12.0 Å². The van der Waals surface area contributed by atoms with E-state index >= 15 is 0 Å². The first-order valence-corrected chi connectivity index (χ1v) is 4.89. The molecule has 1 aromatic rings. The second-order valence-corrected chi connectivity index (χ2v) is 4.28. The fourth-order valence-electron chi connectivity index (χ4n) is 1.96. The average Bonchev–Trinajstić information content (AvgIpc) is 2.06. The lowest BCUT2D eigenvalue weighted by atomic mass is 9.90. The number of anilines is 1. The molecular formula is C10H16N4. The third-order valence-corrected chi connectivity index (χ3v) is 2.68. The average molecular weight is 192 g/mol. The minimum Gasteiger partial charge on any atom is -0.383 e. The number of nitrogens with one attached hydrogen (secondary N) is 1. The maximum Gasteiger partial charge on any atom is 0.130 e. The molecule has 1 aliphatic heterocycles. The molecule has 2 rings (SSSR count). The fraction of sp³-hybridized carbons (Fsp3) is 0.600. The van der Waals surface area contributed by atoms with Crippen LogP contribution in [0.4, 0.5) is 5.82 Å². The zero-order chi connectivity index (χ0) is 10.3. The zero-order valence-electron chi connectivity index (χ0n) is 8.89. The van der Waals surface area contributed by atoms with Gasteiger partial charge in [-0.3, -0.25) is 0 Å². The van der Waals surface area contributed by atoms with Gasteiger partial charge in [0, 0.05) is 12.1 Å². The molecule has 0 amide bonds. The molecule has 1 aliphatic rings. The van der Waals surface area contributed by atoms with Gasteiger partial charge in [-0.15, -0.1) is 0 Å². The SMILES string of the molecule is Cc1nc(N)c2c(n1)C(C)(C)NCC2. The summed E-state index contributed by atoms with van der Waals surface area (Å²) in [4.78, 5) is 8.67. The minimum atomic E-state index is -0.0879. The summed E-state index contributed by atoms with van der Waals surface area (Å²) < 4.78 is 0. The summed E-state index contributed by atoms with van der Waals surface area (Å²) in [6.07, 6.45) is 0.922. The number of nitrogens with zero attached hydrogens (tertiary/aromatic N) is 2. The molecule has 0 bridgehead atoms. The Kier molecular flexibility index (Phi) is 1.96. The summed E-state index contributed by atoms with van der Waals surface area (Å²) in [6.45, 7) is 7.06. The van der Waals surface area contributed by atoms with Crippen LogP contribution in [0.3, 0.4) is 0 Å². The van der Waals surface area contributed by atoms with Crippen molar-refractivity contribution >= 4 is 5.82 Å². The highest BCUT2D eigenvalue weighted by atomic mass is 15.0. The van der Waals surface area contributed by atoms with Crippen molar-refractivity contribution in [1.82, 2.24) is 15.3 Å². The van der Waals surface area contributed by atoms with Crippen molar-refractivity contribution in [3.8, 4) is 0 Å². The van der Waals surface area contributed by atoms with Crippen molar-refractivity contribution in [3.05, 3.63) is 17.1 Å². The highest BCUT2D eigenvalue weighted by Gasteiger charge is 2.30. The second-order valence-electron chi connectivity index (χ2n) is 4.28. The van der Waals surface area contributed by atoms with E-state index in [2.05, 4.69) is 29.1 Å². The normalized spacial score (nSPS) is 19.1. The van der Waals surface area contributed by atoms with E-state index in [4.69, 9.17) is 5.73 Å². The topological polar surface area (TPSA) is 63.8 Å². The van der Waals surface area contributed by atoms with Crippen LogP contribution in [0.25, 0.3) is 0 Å². The summed E-state index contributed by atoms with van der Waals surface area (Å²) >= 11 is 0. The first-order chi connectivity index (χ1) is 6.50. The smallest absolute Gasteiger partial charge is 0.130 e. The van der Waals surface area contributed by atoms with Gasteiger partial charge in [-0.25, -0.2) is 9.97 Å². The van der Waals surface area contributed by atoms with Crippen LogP contribution in [0, 0.1) is 6.92 Å². The van der Waals surface area contributed by atoms with E-state index in [9.17, 15) is 0 Å². The van der Waals surface area contributed by atoms with Gasteiger partial charge in [0.25, 0.3) is 0 Å². The fourth-order valence-corrected chi connectivity index (χ4v) is 1.96. The lowest BCUT2D eigenvalue weighted by Gasteiger charge is -2.33. The van der Waals surface area contributed by atoms with Gasteiger partial charge in [-0.1, -0.05) is 0 Å². The maximum absolute atomic E-state index is 5.88. The lowest BCUT2D eigenvalue weighted by Crippen LogP contribution is -2.44. The molecule has 0 unspecified atom stereocenters. The van der Waals surface area contributed by atoms with E-state index < -0.39 is 0 Å². The molecule has 4 nitrogen and oxygen atoms in total. The molecular weight excluding hydrogens is 176 g/mol. The highest BCUT2D eigenvalue weighted by Crippen LogP contribution is 2.28. The van der Waals surface area contributed by atoms with Crippen LogP contribution in [-0.4, -0.2) is 16.5 Å². The van der Waals surface area contributed by atoms with Crippen molar-refractivity contribution in [2.24, 2.45) is 0 Å². The van der Waals surface area contributed by atoms with Crippen LogP contribution >= 0.6 is 0 Å². The summed E-state index contributed by atoms with van der Waals surface area (Å²) in [5.41, 5.74) is 7.96. The zero-order valence-corrected chi connectivity index (χ0v) is 8.89. The third-order valence-electron chi connectivity index (χ3n) is 2.68. The van der Waals surface area contributed by atoms with Crippen molar-refractivity contribution in [2.45, 2.75) is 32.7 Å². The number of aromatic nitrogens is 2. The molecule has 14 heavy (non-hydrogen) atoms. The molecule has 1 aromatic heterocycles. The van der Waals surface area contributed by atoms with Gasteiger partial charge >= 0.3 is 0 Å². The van der Waals surface area contributed by atoms with E-state index in [0.717, 1.165) is 30.0 Å². The van der Waals surface area contributed by atoms with Gasteiger partial charge < -0.3 is 11.1 Å². The maximum atomic E-state index is 5.88. The Hall–Kier alpha value is -1.16.